The smallest absolute Gasteiger partial charge is 0.156 e. The minimum absolute atomic E-state index is 0.721. The largest absolute Gasteiger partial charge is 0.365 e. The monoisotopic (exact) mass is 270 g/mol. The highest BCUT2D eigenvalue weighted by molar-refractivity contribution is 8.14. The molecule has 1 N–H and O–H groups in total. The van der Waals surface area contributed by atoms with Crippen LogP contribution in [-0.2, 0) is 0 Å². The summed E-state index contributed by atoms with van der Waals surface area (Å²) in [7, 11) is 0. The molecule has 1 atom stereocenters. The number of thioether (sulfide) groups is 1. The molecule has 1 aliphatic rings. The molecule has 18 heavy (non-hydrogen) atoms. The number of hydrogen-bond acceptors (Lipinski definition) is 3. The van der Waals surface area contributed by atoms with Crippen LogP contribution in [0.3, 0.4) is 0 Å². The number of aliphatic imine (C=N–C) groups is 1. The van der Waals surface area contributed by atoms with E-state index in [1.165, 1.54) is 37.3 Å². The van der Waals surface area contributed by atoms with E-state index < -0.39 is 0 Å². The van der Waals surface area contributed by atoms with Gasteiger partial charge in [0.25, 0.3) is 0 Å². The van der Waals surface area contributed by atoms with Gasteiger partial charge >= 0.3 is 0 Å². The molecule has 106 valence electrons. The second-order valence-corrected chi connectivity index (χ2v) is 6.92. The van der Waals surface area contributed by atoms with Crippen molar-refractivity contribution >= 4 is 16.9 Å². The zero-order valence-corrected chi connectivity index (χ0v) is 13.4. The van der Waals surface area contributed by atoms with Crippen molar-refractivity contribution in [1.29, 1.82) is 0 Å². The SMILES string of the molecule is CCC(CC)C1CN=C(NCCCCC(C)C)S1. The van der Waals surface area contributed by atoms with Gasteiger partial charge < -0.3 is 5.32 Å². The first kappa shape index (κ1) is 15.9. The van der Waals surface area contributed by atoms with Gasteiger partial charge in [0.2, 0.25) is 0 Å². The predicted octanol–water partition coefficient (Wildman–Crippen LogP) is 4.31. The quantitative estimate of drug-likeness (QED) is 0.665. The number of nitrogens with one attached hydrogen (secondary N) is 1. The summed E-state index contributed by atoms with van der Waals surface area (Å²) < 4.78 is 0. The molecule has 2 nitrogen and oxygen atoms in total. The maximum Gasteiger partial charge on any atom is 0.156 e. The lowest BCUT2D eigenvalue weighted by atomic mass is 9.99. The van der Waals surface area contributed by atoms with Crippen molar-refractivity contribution in [3.63, 3.8) is 0 Å². The first-order valence-corrected chi connectivity index (χ1v) is 8.50. The van der Waals surface area contributed by atoms with Crippen LogP contribution in [0.5, 0.6) is 0 Å². The molecule has 0 aliphatic carbocycles. The standard InChI is InChI=1S/C15H30N2S/c1-5-13(6-2)14-11-17-15(18-14)16-10-8-7-9-12(3)4/h12-14H,5-11H2,1-4H3,(H,16,17). The van der Waals surface area contributed by atoms with E-state index in [-0.39, 0.29) is 0 Å². The second-order valence-electron chi connectivity index (χ2n) is 5.70. The first-order valence-electron chi connectivity index (χ1n) is 7.62. The summed E-state index contributed by atoms with van der Waals surface area (Å²) in [5, 5.41) is 5.41. The Morgan fingerprint density at radius 3 is 2.61 bits per heavy atom. The number of nitrogens with zero attached hydrogens (tertiary/aromatic N) is 1. The van der Waals surface area contributed by atoms with Gasteiger partial charge in [0.1, 0.15) is 0 Å². The Labute approximate surface area is 117 Å². The van der Waals surface area contributed by atoms with Gasteiger partial charge in [0, 0.05) is 11.8 Å². The van der Waals surface area contributed by atoms with Crippen LogP contribution in [0.1, 0.15) is 59.8 Å². The van der Waals surface area contributed by atoms with Crippen molar-refractivity contribution in [3.05, 3.63) is 0 Å². The molecule has 0 aromatic rings. The summed E-state index contributed by atoms with van der Waals surface area (Å²) in [6, 6.07) is 0. The Morgan fingerprint density at radius 2 is 2.00 bits per heavy atom. The van der Waals surface area contributed by atoms with E-state index in [4.69, 9.17) is 0 Å². The number of unbranched alkanes of at least 4 members (excludes halogenated alkanes) is 1. The molecule has 0 saturated carbocycles. The highest BCUT2D eigenvalue weighted by atomic mass is 32.2. The lowest BCUT2D eigenvalue weighted by Crippen LogP contribution is -2.22. The molecular weight excluding hydrogens is 240 g/mol. The molecule has 0 spiro atoms. The van der Waals surface area contributed by atoms with Crippen LogP contribution in [0.2, 0.25) is 0 Å². The highest BCUT2D eigenvalue weighted by Crippen LogP contribution is 2.30. The Kier molecular flexibility index (Phi) is 7.80. The topological polar surface area (TPSA) is 24.4 Å². The summed E-state index contributed by atoms with van der Waals surface area (Å²) in [5.41, 5.74) is 0. The molecule has 1 rings (SSSR count). The molecule has 0 amide bonds. The van der Waals surface area contributed by atoms with Crippen LogP contribution >= 0.6 is 11.8 Å². The Hall–Kier alpha value is -0.180. The van der Waals surface area contributed by atoms with Crippen LogP contribution in [0, 0.1) is 11.8 Å². The Bertz CT molecular complexity index is 247. The van der Waals surface area contributed by atoms with E-state index in [1.807, 2.05) is 11.8 Å². The fourth-order valence-corrected chi connectivity index (χ4v) is 3.77. The van der Waals surface area contributed by atoms with Crippen LogP contribution < -0.4 is 5.32 Å². The van der Waals surface area contributed by atoms with E-state index in [0.717, 1.165) is 30.2 Å². The molecule has 0 fully saturated rings. The second kappa shape index (κ2) is 8.84. The third-order valence-corrected chi connectivity index (χ3v) is 5.07. The highest BCUT2D eigenvalue weighted by Gasteiger charge is 2.25. The first-order chi connectivity index (χ1) is 8.67. The molecule has 0 radical (unpaired) electrons. The summed E-state index contributed by atoms with van der Waals surface area (Å²) in [5.74, 6) is 1.67. The molecular formula is C15H30N2S. The van der Waals surface area contributed by atoms with E-state index in [1.54, 1.807) is 0 Å². The summed E-state index contributed by atoms with van der Waals surface area (Å²) in [6.45, 7) is 11.3. The molecule has 1 aliphatic heterocycles. The predicted molar refractivity (Wildman–Crippen MR) is 84.4 cm³/mol. The minimum atomic E-state index is 0.721. The van der Waals surface area contributed by atoms with Gasteiger partial charge in [-0.3, -0.25) is 4.99 Å². The fourth-order valence-electron chi connectivity index (χ4n) is 2.42. The summed E-state index contributed by atoms with van der Waals surface area (Å²) in [6.07, 6.45) is 6.51. The zero-order valence-electron chi connectivity index (χ0n) is 12.5. The van der Waals surface area contributed by atoms with Gasteiger partial charge in [-0.15, -0.1) is 0 Å². The maximum atomic E-state index is 4.64. The van der Waals surface area contributed by atoms with Gasteiger partial charge in [-0.2, -0.15) is 0 Å². The van der Waals surface area contributed by atoms with Crippen LogP contribution in [-0.4, -0.2) is 23.5 Å². The van der Waals surface area contributed by atoms with Crippen molar-refractivity contribution in [1.82, 2.24) is 5.32 Å². The normalized spacial score (nSPS) is 19.7. The van der Waals surface area contributed by atoms with Gasteiger partial charge in [0.15, 0.2) is 5.17 Å². The summed E-state index contributed by atoms with van der Waals surface area (Å²) >= 11 is 1.97. The lowest BCUT2D eigenvalue weighted by molar-refractivity contribution is 0.479. The number of rotatable bonds is 8. The molecule has 3 heteroatoms. The third kappa shape index (κ3) is 5.64. The Morgan fingerprint density at radius 1 is 1.28 bits per heavy atom. The molecule has 0 aromatic heterocycles. The average Bonchev–Trinajstić information content (AvgIpc) is 2.79. The van der Waals surface area contributed by atoms with Crippen molar-refractivity contribution in [2.75, 3.05) is 13.1 Å². The van der Waals surface area contributed by atoms with Crippen molar-refractivity contribution in [3.8, 4) is 0 Å². The molecule has 0 saturated heterocycles. The molecule has 0 bridgehead atoms. The minimum Gasteiger partial charge on any atom is -0.365 e. The van der Waals surface area contributed by atoms with Crippen LogP contribution in [0.25, 0.3) is 0 Å². The Balaban J connectivity index is 2.11. The van der Waals surface area contributed by atoms with Gasteiger partial charge in [-0.05, 0) is 18.3 Å². The van der Waals surface area contributed by atoms with Crippen molar-refractivity contribution in [2.45, 2.75) is 65.0 Å². The average molecular weight is 270 g/mol. The van der Waals surface area contributed by atoms with Crippen LogP contribution in [0.4, 0.5) is 0 Å². The van der Waals surface area contributed by atoms with Gasteiger partial charge in [0.05, 0.1) is 6.54 Å². The van der Waals surface area contributed by atoms with Crippen molar-refractivity contribution in [2.24, 2.45) is 16.8 Å². The molecule has 1 heterocycles. The maximum absolute atomic E-state index is 4.64. The zero-order chi connectivity index (χ0) is 13.4. The number of hydrogen-bond donors (Lipinski definition) is 1. The molecule has 1 unspecified atom stereocenters. The van der Waals surface area contributed by atoms with Gasteiger partial charge in [-0.1, -0.05) is 65.1 Å². The third-order valence-electron chi connectivity index (χ3n) is 3.74. The van der Waals surface area contributed by atoms with E-state index in [0.29, 0.717) is 0 Å². The van der Waals surface area contributed by atoms with Crippen molar-refractivity contribution < 1.29 is 0 Å². The fraction of sp³-hybridized carbons (Fsp3) is 0.933. The van der Waals surface area contributed by atoms with E-state index in [2.05, 4.69) is 38.0 Å². The summed E-state index contributed by atoms with van der Waals surface area (Å²) in [4.78, 5) is 4.64. The van der Waals surface area contributed by atoms with Crippen LogP contribution in [0.15, 0.2) is 4.99 Å². The van der Waals surface area contributed by atoms with Gasteiger partial charge in [-0.25, -0.2) is 0 Å². The lowest BCUT2D eigenvalue weighted by Gasteiger charge is -2.18. The van der Waals surface area contributed by atoms with E-state index >= 15 is 0 Å². The number of amidine groups is 1. The van der Waals surface area contributed by atoms with E-state index in [9.17, 15) is 0 Å². The molecule has 0 aromatic carbocycles.